The lowest BCUT2D eigenvalue weighted by Crippen LogP contribution is -2.37. The maximum absolute atomic E-state index is 12.0. The van der Waals surface area contributed by atoms with Crippen LogP contribution in [0.4, 0.5) is 11.6 Å². The largest absolute Gasteiger partial charge is 0.378 e. The van der Waals surface area contributed by atoms with Crippen molar-refractivity contribution in [2.24, 2.45) is 0 Å². The fourth-order valence-electron chi connectivity index (χ4n) is 2.48. The summed E-state index contributed by atoms with van der Waals surface area (Å²) in [5.74, 6) is 2.33. The Balaban J connectivity index is 1.51. The summed E-state index contributed by atoms with van der Waals surface area (Å²) in [6.45, 7) is 6.10. The van der Waals surface area contributed by atoms with E-state index in [0.29, 0.717) is 18.0 Å². The molecule has 2 N–H and O–H groups in total. The zero-order valence-corrected chi connectivity index (χ0v) is 16.3. The fourth-order valence-corrected chi connectivity index (χ4v) is 3.83. The van der Waals surface area contributed by atoms with E-state index in [1.165, 1.54) is 11.3 Å². The van der Waals surface area contributed by atoms with E-state index in [9.17, 15) is 4.79 Å². The van der Waals surface area contributed by atoms with Gasteiger partial charge in [-0.15, -0.1) is 11.3 Å². The maximum Gasteiger partial charge on any atom is 0.261 e. The lowest BCUT2D eigenvalue weighted by Gasteiger charge is -2.28. The van der Waals surface area contributed by atoms with Gasteiger partial charge >= 0.3 is 0 Å². The van der Waals surface area contributed by atoms with Crippen molar-refractivity contribution in [3.63, 3.8) is 0 Å². The normalized spacial score (nSPS) is 14.4. The number of halogens is 1. The number of anilines is 2. The van der Waals surface area contributed by atoms with Gasteiger partial charge in [0.2, 0.25) is 0 Å². The first-order chi connectivity index (χ1) is 12.1. The second kappa shape index (κ2) is 8.59. The molecule has 0 radical (unpaired) electrons. The van der Waals surface area contributed by atoms with E-state index in [1.54, 1.807) is 0 Å². The Bertz CT molecular complexity index is 733. The van der Waals surface area contributed by atoms with Gasteiger partial charge in [-0.3, -0.25) is 4.79 Å². The summed E-state index contributed by atoms with van der Waals surface area (Å²) in [6, 6.07) is 3.76. The molecule has 9 heteroatoms. The maximum atomic E-state index is 12.0. The highest BCUT2D eigenvalue weighted by Crippen LogP contribution is 2.19. The number of hydrogen-bond acceptors (Lipinski definition) is 7. The summed E-state index contributed by atoms with van der Waals surface area (Å²) in [6.07, 6.45) is 0. The molecule has 2 aromatic heterocycles. The highest BCUT2D eigenvalue weighted by Gasteiger charge is 2.14. The number of carbonyl (C=O) groups excluding carboxylic acids is 1. The van der Waals surface area contributed by atoms with Gasteiger partial charge in [0.15, 0.2) is 0 Å². The van der Waals surface area contributed by atoms with E-state index < -0.39 is 0 Å². The van der Waals surface area contributed by atoms with Crippen LogP contribution >= 0.6 is 27.3 Å². The quantitative estimate of drug-likeness (QED) is 0.691. The van der Waals surface area contributed by atoms with Crippen LogP contribution in [0.2, 0.25) is 0 Å². The second-order valence-corrected chi connectivity index (χ2v) is 7.40. The first kappa shape index (κ1) is 18.1. The third-order valence-corrected chi connectivity index (χ3v) is 5.36. The van der Waals surface area contributed by atoms with Crippen LogP contribution in [-0.4, -0.2) is 55.3 Å². The van der Waals surface area contributed by atoms with Crippen molar-refractivity contribution in [3.8, 4) is 0 Å². The van der Waals surface area contributed by atoms with Crippen LogP contribution in [0.5, 0.6) is 0 Å². The van der Waals surface area contributed by atoms with Crippen molar-refractivity contribution in [1.82, 2.24) is 15.3 Å². The van der Waals surface area contributed by atoms with Crippen molar-refractivity contribution < 1.29 is 9.53 Å². The third-order valence-electron chi connectivity index (χ3n) is 3.67. The summed E-state index contributed by atoms with van der Waals surface area (Å²) in [4.78, 5) is 23.8. The minimum Gasteiger partial charge on any atom is -0.378 e. The summed E-state index contributed by atoms with van der Waals surface area (Å²) in [7, 11) is 0. The SMILES string of the molecule is Cc1nc(NCCNC(=O)c2cc(Br)cs2)cc(N2CCOCC2)n1. The number of rotatable bonds is 6. The molecule has 7 nitrogen and oxygen atoms in total. The van der Waals surface area contributed by atoms with Crippen LogP contribution in [0.15, 0.2) is 22.0 Å². The second-order valence-electron chi connectivity index (χ2n) is 5.57. The van der Waals surface area contributed by atoms with Crippen molar-refractivity contribution in [3.05, 3.63) is 32.7 Å². The highest BCUT2D eigenvalue weighted by molar-refractivity contribution is 9.10. The Morgan fingerprint density at radius 1 is 1.32 bits per heavy atom. The predicted octanol–water partition coefficient (Wildman–Crippen LogP) is 2.29. The molecular weight excluding hydrogens is 406 g/mol. The molecule has 25 heavy (non-hydrogen) atoms. The highest BCUT2D eigenvalue weighted by atomic mass is 79.9. The monoisotopic (exact) mass is 425 g/mol. The summed E-state index contributed by atoms with van der Waals surface area (Å²) < 4.78 is 6.30. The molecule has 134 valence electrons. The van der Waals surface area contributed by atoms with Gasteiger partial charge in [-0.05, 0) is 28.9 Å². The third kappa shape index (κ3) is 5.13. The van der Waals surface area contributed by atoms with Crippen molar-refractivity contribution in [2.75, 3.05) is 49.6 Å². The molecule has 3 heterocycles. The number of nitrogens with one attached hydrogen (secondary N) is 2. The van der Waals surface area contributed by atoms with E-state index >= 15 is 0 Å². The lowest BCUT2D eigenvalue weighted by molar-refractivity contribution is 0.0959. The Morgan fingerprint density at radius 2 is 2.12 bits per heavy atom. The van der Waals surface area contributed by atoms with Gasteiger partial charge in [-0.1, -0.05) is 0 Å². The van der Waals surface area contributed by atoms with Crippen molar-refractivity contribution in [2.45, 2.75) is 6.92 Å². The zero-order valence-electron chi connectivity index (χ0n) is 13.9. The van der Waals surface area contributed by atoms with Crippen molar-refractivity contribution >= 4 is 44.8 Å². The van der Waals surface area contributed by atoms with Gasteiger partial charge in [0.05, 0.1) is 18.1 Å². The number of aryl methyl sites for hydroxylation is 1. The van der Waals surface area contributed by atoms with Gasteiger partial charge in [-0.25, -0.2) is 9.97 Å². The summed E-state index contributed by atoms with van der Waals surface area (Å²) >= 11 is 4.77. The summed E-state index contributed by atoms with van der Waals surface area (Å²) in [5.41, 5.74) is 0. The molecule has 1 aliphatic heterocycles. The standard InChI is InChI=1S/C16H20BrN5O2S/c1-11-20-14(9-15(21-11)22-4-6-24-7-5-22)18-2-3-19-16(23)13-8-12(17)10-25-13/h8-10H,2-7H2,1H3,(H,19,23)(H,18,20,21). The number of morpholine rings is 1. The van der Waals surface area contributed by atoms with Crippen LogP contribution in [0.3, 0.4) is 0 Å². The Labute approximate surface area is 158 Å². The van der Waals surface area contributed by atoms with Crippen LogP contribution in [0.25, 0.3) is 0 Å². The Morgan fingerprint density at radius 3 is 2.84 bits per heavy atom. The number of ether oxygens (including phenoxy) is 1. The molecule has 1 aliphatic rings. The molecule has 1 fully saturated rings. The molecule has 0 bridgehead atoms. The van der Waals surface area contributed by atoms with Crippen LogP contribution in [0.1, 0.15) is 15.5 Å². The minimum absolute atomic E-state index is 0.0645. The lowest BCUT2D eigenvalue weighted by atomic mass is 10.4. The van der Waals surface area contributed by atoms with Gasteiger partial charge in [0.1, 0.15) is 17.5 Å². The van der Waals surface area contributed by atoms with Gasteiger partial charge in [0.25, 0.3) is 5.91 Å². The van der Waals surface area contributed by atoms with Crippen molar-refractivity contribution in [1.29, 1.82) is 0 Å². The van der Waals surface area contributed by atoms with E-state index in [2.05, 4.69) is 41.4 Å². The number of amides is 1. The van der Waals surface area contributed by atoms with Crippen LogP contribution in [-0.2, 0) is 4.74 Å². The van der Waals surface area contributed by atoms with E-state index in [4.69, 9.17) is 4.74 Å². The van der Waals surface area contributed by atoms with E-state index in [1.807, 2.05) is 24.4 Å². The molecule has 1 saturated heterocycles. The molecule has 0 saturated carbocycles. The van der Waals surface area contributed by atoms with E-state index in [-0.39, 0.29) is 5.91 Å². The Hall–Kier alpha value is -1.71. The number of aromatic nitrogens is 2. The molecule has 3 rings (SSSR count). The average molecular weight is 426 g/mol. The first-order valence-electron chi connectivity index (χ1n) is 8.06. The van der Waals surface area contributed by atoms with Gasteiger partial charge in [-0.2, -0.15) is 0 Å². The fraction of sp³-hybridized carbons (Fsp3) is 0.438. The molecule has 2 aromatic rings. The number of nitrogens with zero attached hydrogens (tertiary/aromatic N) is 3. The molecule has 0 aliphatic carbocycles. The molecule has 0 atom stereocenters. The number of thiophene rings is 1. The topological polar surface area (TPSA) is 79.4 Å². The molecule has 0 aromatic carbocycles. The number of carbonyl (C=O) groups is 1. The smallest absolute Gasteiger partial charge is 0.261 e. The van der Waals surface area contributed by atoms with E-state index in [0.717, 1.165) is 48.2 Å². The first-order valence-corrected chi connectivity index (χ1v) is 9.73. The minimum atomic E-state index is -0.0645. The number of hydrogen-bond donors (Lipinski definition) is 2. The molecule has 0 spiro atoms. The average Bonchev–Trinajstić information content (AvgIpc) is 3.05. The zero-order chi connectivity index (χ0) is 17.6. The molecule has 0 unspecified atom stereocenters. The molecular formula is C16H20BrN5O2S. The van der Waals surface area contributed by atoms with Gasteiger partial charge in [0, 0.05) is 42.1 Å². The Kier molecular flexibility index (Phi) is 6.22. The van der Waals surface area contributed by atoms with Gasteiger partial charge < -0.3 is 20.3 Å². The summed E-state index contributed by atoms with van der Waals surface area (Å²) in [5, 5.41) is 8.03. The van der Waals surface area contributed by atoms with Crippen LogP contribution < -0.4 is 15.5 Å². The molecule has 1 amide bonds. The predicted molar refractivity (Wildman–Crippen MR) is 103 cm³/mol. The van der Waals surface area contributed by atoms with Crippen LogP contribution in [0, 0.1) is 6.92 Å².